The molecule has 0 spiro atoms. The Morgan fingerprint density at radius 3 is 2.80 bits per heavy atom. The summed E-state index contributed by atoms with van der Waals surface area (Å²) in [7, 11) is 0. The Bertz CT molecular complexity index is 914. The highest BCUT2D eigenvalue weighted by Gasteiger charge is 2.29. The normalized spacial score (nSPS) is 17.2. The highest BCUT2D eigenvalue weighted by Crippen LogP contribution is 2.20. The van der Waals surface area contributed by atoms with Gasteiger partial charge in [-0.15, -0.1) is 0 Å². The van der Waals surface area contributed by atoms with E-state index in [1.165, 1.54) is 0 Å². The van der Waals surface area contributed by atoms with E-state index >= 15 is 0 Å². The molecule has 128 valence electrons. The molecule has 1 aliphatic heterocycles. The molecule has 1 saturated heterocycles. The van der Waals surface area contributed by atoms with E-state index in [2.05, 4.69) is 15.0 Å². The van der Waals surface area contributed by atoms with E-state index < -0.39 is 0 Å². The van der Waals surface area contributed by atoms with Crippen molar-refractivity contribution >= 4 is 16.8 Å². The maximum atomic E-state index is 12.7. The van der Waals surface area contributed by atoms with Gasteiger partial charge < -0.3 is 14.6 Å². The Labute approximate surface area is 145 Å². The van der Waals surface area contributed by atoms with Crippen molar-refractivity contribution in [3.63, 3.8) is 0 Å². The third-order valence-corrected chi connectivity index (χ3v) is 4.47. The van der Waals surface area contributed by atoms with Crippen LogP contribution in [-0.4, -0.2) is 45.0 Å². The molecule has 1 unspecified atom stereocenters. The molecular formula is C19H20N4O2. The molecule has 4 rings (SSSR count). The van der Waals surface area contributed by atoms with Crippen LogP contribution >= 0.6 is 0 Å². The number of carbonyl (C=O) groups is 1. The lowest BCUT2D eigenvalue weighted by atomic mass is 10.1. The third-order valence-electron chi connectivity index (χ3n) is 4.47. The summed E-state index contributed by atoms with van der Waals surface area (Å²) >= 11 is 0. The van der Waals surface area contributed by atoms with Crippen LogP contribution in [0, 0.1) is 13.8 Å². The van der Waals surface area contributed by atoms with Gasteiger partial charge in [-0.05, 0) is 44.2 Å². The first-order valence-electron chi connectivity index (χ1n) is 8.44. The lowest BCUT2D eigenvalue weighted by Crippen LogP contribution is -2.31. The van der Waals surface area contributed by atoms with Crippen LogP contribution in [0.15, 0.2) is 36.5 Å². The van der Waals surface area contributed by atoms with E-state index in [1.54, 1.807) is 0 Å². The number of ether oxygens (including phenoxy) is 1. The quantitative estimate of drug-likeness (QED) is 0.798. The lowest BCUT2D eigenvalue weighted by molar-refractivity contribution is 0.0769. The first kappa shape index (κ1) is 15.6. The maximum absolute atomic E-state index is 12.7. The number of likely N-dealkylation sites (tertiary alicyclic amines) is 1. The SMILES string of the molecule is Cc1cc(C)nc(OC2CCN(C(=O)c3ccc4[nH]ccc4c3)C2)n1. The zero-order valence-electron chi connectivity index (χ0n) is 14.3. The molecule has 1 atom stereocenters. The number of aromatic amines is 1. The fraction of sp³-hybridized carbons (Fsp3) is 0.316. The van der Waals surface area contributed by atoms with Crippen molar-refractivity contribution in [3.8, 4) is 6.01 Å². The topological polar surface area (TPSA) is 71.1 Å². The predicted molar refractivity (Wildman–Crippen MR) is 94.7 cm³/mol. The number of hydrogen-bond acceptors (Lipinski definition) is 4. The van der Waals surface area contributed by atoms with Crippen LogP contribution in [-0.2, 0) is 0 Å². The minimum absolute atomic E-state index is 0.0375. The van der Waals surface area contributed by atoms with Gasteiger partial charge in [-0.1, -0.05) is 0 Å². The van der Waals surface area contributed by atoms with Gasteiger partial charge in [0, 0.05) is 47.0 Å². The van der Waals surface area contributed by atoms with E-state index in [4.69, 9.17) is 4.74 Å². The van der Waals surface area contributed by atoms with Gasteiger partial charge in [0.05, 0.1) is 6.54 Å². The molecule has 6 nitrogen and oxygen atoms in total. The highest BCUT2D eigenvalue weighted by atomic mass is 16.5. The number of amides is 1. The van der Waals surface area contributed by atoms with Crippen molar-refractivity contribution in [1.29, 1.82) is 0 Å². The molecule has 3 heterocycles. The number of carbonyl (C=O) groups excluding carboxylic acids is 1. The highest BCUT2D eigenvalue weighted by molar-refractivity contribution is 5.98. The third kappa shape index (κ3) is 3.20. The van der Waals surface area contributed by atoms with Crippen molar-refractivity contribution in [3.05, 3.63) is 53.5 Å². The standard InChI is InChI=1S/C19H20N4O2/c1-12-9-13(2)22-19(21-12)25-16-6-8-23(11-16)18(24)15-3-4-17-14(10-15)5-7-20-17/h3-5,7,9-10,16,20H,6,8,11H2,1-2H3. The van der Waals surface area contributed by atoms with Gasteiger partial charge in [0.1, 0.15) is 6.10 Å². The van der Waals surface area contributed by atoms with E-state index in [9.17, 15) is 4.79 Å². The molecule has 1 N–H and O–H groups in total. The number of fused-ring (bicyclic) bond motifs is 1. The predicted octanol–water partition coefficient (Wildman–Crippen LogP) is 2.87. The van der Waals surface area contributed by atoms with Gasteiger partial charge in [0.25, 0.3) is 5.91 Å². The van der Waals surface area contributed by atoms with E-state index in [0.717, 1.165) is 28.7 Å². The van der Waals surface area contributed by atoms with E-state index in [0.29, 0.717) is 24.7 Å². The zero-order valence-corrected chi connectivity index (χ0v) is 14.3. The molecule has 0 radical (unpaired) electrons. The first-order chi connectivity index (χ1) is 12.1. The Kier molecular flexibility index (Phi) is 3.87. The van der Waals surface area contributed by atoms with Gasteiger partial charge in [-0.3, -0.25) is 4.79 Å². The fourth-order valence-electron chi connectivity index (χ4n) is 3.27. The lowest BCUT2D eigenvalue weighted by Gasteiger charge is -2.17. The zero-order chi connectivity index (χ0) is 17.4. The largest absolute Gasteiger partial charge is 0.458 e. The van der Waals surface area contributed by atoms with Crippen LogP contribution in [0.4, 0.5) is 0 Å². The average molecular weight is 336 g/mol. The van der Waals surface area contributed by atoms with Gasteiger partial charge in [-0.2, -0.15) is 0 Å². The molecular weight excluding hydrogens is 316 g/mol. The second-order valence-corrected chi connectivity index (χ2v) is 6.49. The van der Waals surface area contributed by atoms with Crippen LogP contribution < -0.4 is 4.74 Å². The number of nitrogens with one attached hydrogen (secondary N) is 1. The first-order valence-corrected chi connectivity index (χ1v) is 8.44. The van der Waals surface area contributed by atoms with E-state index in [-0.39, 0.29) is 12.0 Å². The summed E-state index contributed by atoms with van der Waals surface area (Å²) in [5.74, 6) is 0.0375. The molecule has 1 amide bonds. The summed E-state index contributed by atoms with van der Waals surface area (Å²) in [5.41, 5.74) is 3.50. The second-order valence-electron chi connectivity index (χ2n) is 6.49. The van der Waals surface area contributed by atoms with Crippen molar-refractivity contribution in [2.24, 2.45) is 0 Å². The van der Waals surface area contributed by atoms with Crippen molar-refractivity contribution in [2.45, 2.75) is 26.4 Å². The molecule has 0 aliphatic carbocycles. The molecule has 25 heavy (non-hydrogen) atoms. The Balaban J connectivity index is 1.45. The van der Waals surface area contributed by atoms with Crippen LogP contribution in [0.5, 0.6) is 6.01 Å². The van der Waals surface area contributed by atoms with Crippen LogP contribution in [0.1, 0.15) is 28.2 Å². The molecule has 0 saturated carbocycles. The van der Waals surface area contributed by atoms with Gasteiger partial charge in [0.15, 0.2) is 0 Å². The van der Waals surface area contributed by atoms with Crippen molar-refractivity contribution in [1.82, 2.24) is 19.9 Å². The van der Waals surface area contributed by atoms with Crippen LogP contribution in [0.25, 0.3) is 10.9 Å². The van der Waals surface area contributed by atoms with Gasteiger partial charge in [0.2, 0.25) is 0 Å². The molecule has 1 aromatic carbocycles. The van der Waals surface area contributed by atoms with Crippen LogP contribution in [0.2, 0.25) is 0 Å². The maximum Gasteiger partial charge on any atom is 0.317 e. The number of nitrogens with zero attached hydrogens (tertiary/aromatic N) is 3. The Morgan fingerprint density at radius 2 is 2.00 bits per heavy atom. The number of H-pyrrole nitrogens is 1. The fourth-order valence-corrected chi connectivity index (χ4v) is 3.27. The Morgan fingerprint density at radius 1 is 1.20 bits per heavy atom. The monoisotopic (exact) mass is 336 g/mol. The molecule has 2 aromatic heterocycles. The van der Waals surface area contributed by atoms with Crippen molar-refractivity contribution < 1.29 is 9.53 Å². The number of benzene rings is 1. The summed E-state index contributed by atoms with van der Waals surface area (Å²) in [6.07, 6.45) is 2.60. The van der Waals surface area contributed by atoms with Crippen molar-refractivity contribution in [2.75, 3.05) is 13.1 Å². The summed E-state index contributed by atoms with van der Waals surface area (Å²) in [4.78, 5) is 26.3. The molecule has 6 heteroatoms. The minimum atomic E-state index is -0.0684. The second kappa shape index (κ2) is 6.20. The van der Waals surface area contributed by atoms with Crippen LogP contribution in [0.3, 0.4) is 0 Å². The van der Waals surface area contributed by atoms with E-state index in [1.807, 2.05) is 55.3 Å². The summed E-state index contributed by atoms with van der Waals surface area (Å²) < 4.78 is 5.89. The molecule has 0 bridgehead atoms. The summed E-state index contributed by atoms with van der Waals surface area (Å²) in [6, 6.07) is 10.0. The molecule has 3 aromatic rings. The number of aryl methyl sites for hydroxylation is 2. The molecule has 1 aliphatic rings. The number of hydrogen-bond donors (Lipinski definition) is 1. The van der Waals surface area contributed by atoms with Gasteiger partial charge >= 0.3 is 6.01 Å². The molecule has 1 fully saturated rings. The number of aromatic nitrogens is 3. The number of rotatable bonds is 3. The smallest absolute Gasteiger partial charge is 0.317 e. The minimum Gasteiger partial charge on any atom is -0.458 e. The summed E-state index contributed by atoms with van der Waals surface area (Å²) in [5, 5.41) is 1.04. The van der Waals surface area contributed by atoms with Gasteiger partial charge in [-0.25, -0.2) is 9.97 Å². The Hall–Kier alpha value is -2.89. The summed E-state index contributed by atoms with van der Waals surface area (Å²) in [6.45, 7) is 5.08. The average Bonchev–Trinajstić information content (AvgIpc) is 3.21.